The summed E-state index contributed by atoms with van der Waals surface area (Å²) < 4.78 is 2.08. The van der Waals surface area contributed by atoms with Gasteiger partial charge in [-0.1, -0.05) is 26.0 Å². The normalized spacial score (nSPS) is 11.3. The van der Waals surface area contributed by atoms with Gasteiger partial charge in [-0.3, -0.25) is 4.68 Å². The zero-order chi connectivity index (χ0) is 9.68. The van der Waals surface area contributed by atoms with Crippen LogP contribution in [0.3, 0.4) is 0 Å². The third-order valence-electron chi connectivity index (χ3n) is 2.15. The van der Waals surface area contributed by atoms with Gasteiger partial charge in [-0.15, -0.1) is 0 Å². The highest BCUT2D eigenvalue weighted by atomic mass is 15.3. The molecule has 0 atom stereocenters. The number of aryl methyl sites for hydroxylation is 2. The summed E-state index contributed by atoms with van der Waals surface area (Å²) in [6.07, 6.45) is 6.28. The van der Waals surface area contributed by atoms with Gasteiger partial charge in [0.2, 0.25) is 0 Å². The molecule has 1 aromatic heterocycles. The molecule has 0 aliphatic carbocycles. The van der Waals surface area contributed by atoms with Gasteiger partial charge in [-0.05, 0) is 25.8 Å². The van der Waals surface area contributed by atoms with E-state index in [1.165, 1.54) is 11.4 Å². The summed E-state index contributed by atoms with van der Waals surface area (Å²) in [6, 6.07) is 2.20. The van der Waals surface area contributed by atoms with Crippen molar-refractivity contribution in [1.82, 2.24) is 9.78 Å². The first-order valence-corrected chi connectivity index (χ1v) is 4.98. The predicted octanol–water partition coefficient (Wildman–Crippen LogP) is 2.58. The Hall–Kier alpha value is -1.05. The summed E-state index contributed by atoms with van der Waals surface area (Å²) in [5, 5.41) is 4.50. The van der Waals surface area contributed by atoms with Crippen LogP contribution in [0.15, 0.2) is 18.2 Å². The van der Waals surface area contributed by atoms with Crippen LogP contribution in [-0.4, -0.2) is 9.78 Å². The fraction of sp³-hybridized carbons (Fsp3) is 0.545. The molecule has 2 heteroatoms. The summed E-state index contributed by atoms with van der Waals surface area (Å²) in [4.78, 5) is 0. The van der Waals surface area contributed by atoms with Crippen LogP contribution in [0.25, 0.3) is 0 Å². The van der Waals surface area contributed by atoms with E-state index in [2.05, 4.69) is 41.8 Å². The van der Waals surface area contributed by atoms with E-state index in [9.17, 15) is 0 Å². The van der Waals surface area contributed by atoms with E-state index < -0.39 is 0 Å². The maximum atomic E-state index is 4.50. The van der Waals surface area contributed by atoms with Crippen LogP contribution < -0.4 is 0 Å². The van der Waals surface area contributed by atoms with E-state index in [0.29, 0.717) is 0 Å². The lowest BCUT2D eigenvalue weighted by Crippen LogP contribution is -2.02. The smallest absolute Gasteiger partial charge is 0.0624 e. The Morgan fingerprint density at radius 3 is 2.69 bits per heavy atom. The third-order valence-corrected chi connectivity index (χ3v) is 2.15. The predicted molar refractivity (Wildman–Crippen MR) is 55.8 cm³/mol. The number of aromatic nitrogens is 2. The molecule has 0 N–H and O–H groups in total. The van der Waals surface area contributed by atoms with Crippen molar-refractivity contribution in [2.45, 2.75) is 40.2 Å². The van der Waals surface area contributed by atoms with E-state index >= 15 is 0 Å². The molecule has 13 heavy (non-hydrogen) atoms. The SMILES string of the molecule is C/C=C/Cn1nc(CC)cc1CC. The molecule has 0 aromatic carbocycles. The Kier molecular flexibility index (Phi) is 3.74. The summed E-state index contributed by atoms with van der Waals surface area (Å²) in [5.41, 5.74) is 2.52. The van der Waals surface area contributed by atoms with Crippen molar-refractivity contribution in [3.63, 3.8) is 0 Å². The molecular formula is C11H18N2. The van der Waals surface area contributed by atoms with Crippen molar-refractivity contribution in [3.8, 4) is 0 Å². The van der Waals surface area contributed by atoms with Crippen molar-refractivity contribution >= 4 is 0 Å². The van der Waals surface area contributed by atoms with E-state index in [0.717, 1.165) is 19.4 Å². The van der Waals surface area contributed by atoms with E-state index in [4.69, 9.17) is 0 Å². The number of nitrogens with zero attached hydrogens (tertiary/aromatic N) is 2. The van der Waals surface area contributed by atoms with Gasteiger partial charge in [0.25, 0.3) is 0 Å². The fourth-order valence-electron chi connectivity index (χ4n) is 1.34. The lowest BCUT2D eigenvalue weighted by Gasteiger charge is -2.00. The maximum Gasteiger partial charge on any atom is 0.0624 e. The number of hydrogen-bond acceptors (Lipinski definition) is 1. The minimum atomic E-state index is 0.902. The summed E-state index contributed by atoms with van der Waals surface area (Å²) in [7, 11) is 0. The van der Waals surface area contributed by atoms with Crippen LogP contribution >= 0.6 is 0 Å². The standard InChI is InChI=1S/C11H18N2/c1-4-7-8-13-11(6-3)9-10(5-2)12-13/h4,7,9H,5-6,8H2,1-3H3/b7-4+. The molecule has 1 aromatic rings. The van der Waals surface area contributed by atoms with E-state index in [1.54, 1.807) is 0 Å². The van der Waals surface area contributed by atoms with Crippen molar-refractivity contribution < 1.29 is 0 Å². The lowest BCUT2D eigenvalue weighted by atomic mass is 10.2. The molecule has 0 spiro atoms. The van der Waals surface area contributed by atoms with Gasteiger partial charge >= 0.3 is 0 Å². The zero-order valence-corrected chi connectivity index (χ0v) is 8.75. The quantitative estimate of drug-likeness (QED) is 0.648. The molecule has 0 aliphatic rings. The topological polar surface area (TPSA) is 17.8 Å². The minimum absolute atomic E-state index is 0.902. The van der Waals surface area contributed by atoms with Crippen LogP contribution in [0.5, 0.6) is 0 Å². The Balaban J connectivity index is 2.83. The van der Waals surface area contributed by atoms with Crippen molar-refractivity contribution in [2.24, 2.45) is 0 Å². The Labute approximate surface area is 80.3 Å². The second kappa shape index (κ2) is 4.85. The summed E-state index contributed by atoms with van der Waals surface area (Å²) >= 11 is 0. The van der Waals surface area contributed by atoms with E-state index in [1.807, 2.05) is 6.92 Å². The fourth-order valence-corrected chi connectivity index (χ4v) is 1.34. The molecule has 0 unspecified atom stereocenters. The van der Waals surface area contributed by atoms with Gasteiger partial charge in [0, 0.05) is 5.69 Å². The van der Waals surface area contributed by atoms with Gasteiger partial charge in [0.05, 0.1) is 12.2 Å². The number of hydrogen-bond donors (Lipinski definition) is 0. The first-order chi connectivity index (χ1) is 6.31. The van der Waals surface area contributed by atoms with Crippen LogP contribution in [0, 0.1) is 0 Å². The molecule has 0 aliphatic heterocycles. The first-order valence-electron chi connectivity index (χ1n) is 4.98. The molecule has 1 heterocycles. The molecule has 72 valence electrons. The molecular weight excluding hydrogens is 160 g/mol. The highest BCUT2D eigenvalue weighted by Crippen LogP contribution is 2.06. The van der Waals surface area contributed by atoms with Gasteiger partial charge in [0.1, 0.15) is 0 Å². The van der Waals surface area contributed by atoms with Gasteiger partial charge in [0.15, 0.2) is 0 Å². The largest absolute Gasteiger partial charge is 0.266 e. The minimum Gasteiger partial charge on any atom is -0.266 e. The van der Waals surface area contributed by atoms with Gasteiger partial charge < -0.3 is 0 Å². The Bertz CT molecular complexity index is 284. The van der Waals surface area contributed by atoms with Gasteiger partial charge in [-0.2, -0.15) is 5.10 Å². The zero-order valence-electron chi connectivity index (χ0n) is 8.75. The van der Waals surface area contributed by atoms with Gasteiger partial charge in [-0.25, -0.2) is 0 Å². The van der Waals surface area contributed by atoms with Crippen LogP contribution in [0.1, 0.15) is 32.2 Å². The monoisotopic (exact) mass is 178 g/mol. The molecule has 0 saturated heterocycles. The Morgan fingerprint density at radius 2 is 2.15 bits per heavy atom. The van der Waals surface area contributed by atoms with Crippen molar-refractivity contribution in [1.29, 1.82) is 0 Å². The van der Waals surface area contributed by atoms with Crippen LogP contribution in [0.4, 0.5) is 0 Å². The lowest BCUT2D eigenvalue weighted by molar-refractivity contribution is 0.652. The molecule has 0 saturated carbocycles. The highest BCUT2D eigenvalue weighted by molar-refractivity contribution is 5.10. The number of allylic oxidation sites excluding steroid dienone is 2. The molecule has 0 bridgehead atoms. The number of rotatable bonds is 4. The maximum absolute atomic E-state index is 4.50. The second-order valence-electron chi connectivity index (χ2n) is 3.09. The molecule has 0 fully saturated rings. The van der Waals surface area contributed by atoms with Crippen LogP contribution in [-0.2, 0) is 19.4 Å². The molecule has 1 rings (SSSR count). The third kappa shape index (κ3) is 2.44. The highest BCUT2D eigenvalue weighted by Gasteiger charge is 2.02. The average Bonchev–Trinajstić information content (AvgIpc) is 2.57. The van der Waals surface area contributed by atoms with E-state index in [-0.39, 0.29) is 0 Å². The van der Waals surface area contributed by atoms with Crippen molar-refractivity contribution in [3.05, 3.63) is 29.6 Å². The molecule has 0 radical (unpaired) electrons. The summed E-state index contributed by atoms with van der Waals surface area (Å²) in [6.45, 7) is 7.25. The van der Waals surface area contributed by atoms with Crippen molar-refractivity contribution in [2.75, 3.05) is 0 Å². The summed E-state index contributed by atoms with van der Waals surface area (Å²) in [5.74, 6) is 0. The molecule has 0 amide bonds. The average molecular weight is 178 g/mol. The first kappa shape index (κ1) is 10.0. The Morgan fingerprint density at radius 1 is 1.38 bits per heavy atom. The second-order valence-corrected chi connectivity index (χ2v) is 3.09. The molecule has 2 nitrogen and oxygen atoms in total. The van der Waals surface area contributed by atoms with Crippen LogP contribution in [0.2, 0.25) is 0 Å².